The van der Waals surface area contributed by atoms with E-state index in [1.165, 1.54) is 4.68 Å². The lowest BCUT2D eigenvalue weighted by Crippen LogP contribution is -2.02. The Hall–Kier alpha value is -1.43. The predicted octanol–water partition coefficient (Wildman–Crippen LogP) is 1.32. The number of nitrogens with zero attached hydrogens (tertiary/aromatic N) is 4. The Morgan fingerprint density at radius 2 is 2.21 bits per heavy atom. The molecule has 6 heteroatoms. The highest BCUT2D eigenvalue weighted by Crippen LogP contribution is 2.13. The van der Waals surface area contributed by atoms with Gasteiger partial charge in [0.05, 0.1) is 28.2 Å². The van der Waals surface area contributed by atoms with Crippen molar-refractivity contribution in [3.63, 3.8) is 0 Å². The van der Waals surface area contributed by atoms with Gasteiger partial charge in [-0.25, -0.2) is 14.6 Å². The molecule has 0 atom stereocenters. The van der Waals surface area contributed by atoms with Gasteiger partial charge in [-0.1, -0.05) is 0 Å². The van der Waals surface area contributed by atoms with Crippen molar-refractivity contribution in [3.8, 4) is 5.95 Å². The third kappa shape index (κ3) is 1.60. The summed E-state index contributed by atoms with van der Waals surface area (Å²) >= 11 is 3.33. The second kappa shape index (κ2) is 3.38. The van der Waals surface area contributed by atoms with Gasteiger partial charge in [0.25, 0.3) is 5.95 Å². The van der Waals surface area contributed by atoms with Gasteiger partial charge in [0.1, 0.15) is 0 Å². The van der Waals surface area contributed by atoms with Crippen molar-refractivity contribution < 1.29 is 0 Å². The molecule has 0 fully saturated rings. The Morgan fingerprint density at radius 3 is 2.79 bits per heavy atom. The zero-order valence-electron chi connectivity index (χ0n) is 7.48. The average molecular weight is 254 g/mol. The molecule has 5 nitrogen and oxygen atoms in total. The van der Waals surface area contributed by atoms with Crippen LogP contribution in [0.25, 0.3) is 5.95 Å². The molecular weight excluding hydrogens is 246 g/mol. The van der Waals surface area contributed by atoms with E-state index in [0.29, 0.717) is 11.6 Å². The van der Waals surface area contributed by atoms with Crippen LogP contribution in [0.2, 0.25) is 0 Å². The summed E-state index contributed by atoms with van der Waals surface area (Å²) in [4.78, 5) is 8.35. The molecule has 0 spiro atoms. The number of hydrogen-bond donors (Lipinski definition) is 1. The van der Waals surface area contributed by atoms with Crippen molar-refractivity contribution >= 4 is 21.6 Å². The Morgan fingerprint density at radius 1 is 1.43 bits per heavy atom. The van der Waals surface area contributed by atoms with Gasteiger partial charge < -0.3 is 5.73 Å². The second-order valence-corrected chi connectivity index (χ2v) is 3.68. The fraction of sp³-hybridized carbons (Fsp3) is 0.125. The summed E-state index contributed by atoms with van der Waals surface area (Å²) in [6.07, 6.45) is 4.92. The maximum absolute atomic E-state index is 5.54. The van der Waals surface area contributed by atoms with Gasteiger partial charge in [0.15, 0.2) is 0 Å². The summed E-state index contributed by atoms with van der Waals surface area (Å²) in [5.41, 5.74) is 6.99. The molecule has 72 valence electrons. The minimum absolute atomic E-state index is 0.516. The zero-order chi connectivity index (χ0) is 10.1. The average Bonchev–Trinajstić information content (AvgIpc) is 2.57. The van der Waals surface area contributed by atoms with Crippen LogP contribution in [0.4, 0.5) is 5.69 Å². The Balaban J connectivity index is 2.47. The highest BCUT2D eigenvalue weighted by molar-refractivity contribution is 9.10. The van der Waals surface area contributed by atoms with Crippen LogP contribution in [0.5, 0.6) is 0 Å². The van der Waals surface area contributed by atoms with Crippen LogP contribution in [0, 0.1) is 6.92 Å². The van der Waals surface area contributed by atoms with Crippen LogP contribution < -0.4 is 5.73 Å². The highest BCUT2D eigenvalue weighted by Gasteiger charge is 2.03. The summed E-state index contributed by atoms with van der Waals surface area (Å²) in [5.74, 6) is 0.516. The van der Waals surface area contributed by atoms with Crippen LogP contribution in [-0.4, -0.2) is 19.7 Å². The number of nitrogens with two attached hydrogens (primary N) is 1. The molecule has 2 aromatic heterocycles. The van der Waals surface area contributed by atoms with Crippen molar-refractivity contribution in [2.75, 3.05) is 5.73 Å². The number of halogens is 1. The molecule has 14 heavy (non-hydrogen) atoms. The molecule has 0 radical (unpaired) electrons. The standard InChI is InChI=1S/C8H8BrN5/c1-5-7(9)3-11-8(13-5)14-4-6(10)2-12-14/h2-4H,10H2,1H3. The first-order chi connectivity index (χ1) is 6.66. The lowest BCUT2D eigenvalue weighted by Gasteiger charge is -2.01. The minimum Gasteiger partial charge on any atom is -0.396 e. The number of nitrogen functional groups attached to an aromatic ring is 1. The molecule has 0 aromatic carbocycles. The van der Waals surface area contributed by atoms with E-state index in [0.717, 1.165) is 10.2 Å². The smallest absolute Gasteiger partial charge is 0.250 e. The number of rotatable bonds is 1. The van der Waals surface area contributed by atoms with Crippen molar-refractivity contribution in [1.29, 1.82) is 0 Å². The molecule has 0 aliphatic heterocycles. The molecular formula is C8H8BrN5. The molecule has 2 heterocycles. The number of aryl methyl sites for hydroxylation is 1. The largest absolute Gasteiger partial charge is 0.396 e. The zero-order valence-corrected chi connectivity index (χ0v) is 9.06. The van der Waals surface area contributed by atoms with Crippen molar-refractivity contribution in [2.45, 2.75) is 6.92 Å². The topological polar surface area (TPSA) is 69.6 Å². The highest BCUT2D eigenvalue weighted by atomic mass is 79.9. The lowest BCUT2D eigenvalue weighted by atomic mass is 10.5. The summed E-state index contributed by atoms with van der Waals surface area (Å²) in [6.45, 7) is 1.89. The molecule has 0 saturated heterocycles. The van der Waals surface area contributed by atoms with E-state index in [4.69, 9.17) is 5.73 Å². The van der Waals surface area contributed by atoms with E-state index in [1.807, 2.05) is 6.92 Å². The fourth-order valence-electron chi connectivity index (χ4n) is 0.997. The normalized spacial score (nSPS) is 10.4. The van der Waals surface area contributed by atoms with Crippen LogP contribution in [0.15, 0.2) is 23.1 Å². The number of hydrogen-bond acceptors (Lipinski definition) is 4. The van der Waals surface area contributed by atoms with E-state index in [9.17, 15) is 0 Å². The number of aromatic nitrogens is 4. The second-order valence-electron chi connectivity index (χ2n) is 2.82. The van der Waals surface area contributed by atoms with Gasteiger partial charge in [-0.05, 0) is 22.9 Å². The minimum atomic E-state index is 0.516. The first-order valence-electron chi connectivity index (χ1n) is 3.96. The van der Waals surface area contributed by atoms with Crippen LogP contribution in [0.1, 0.15) is 5.69 Å². The molecule has 2 rings (SSSR count). The quantitative estimate of drug-likeness (QED) is 0.833. The molecule has 0 amide bonds. The SMILES string of the molecule is Cc1nc(-n2cc(N)cn2)ncc1Br. The van der Waals surface area contributed by atoms with Gasteiger partial charge in [0.2, 0.25) is 0 Å². The van der Waals surface area contributed by atoms with E-state index in [2.05, 4.69) is 31.0 Å². The van der Waals surface area contributed by atoms with E-state index < -0.39 is 0 Å². The molecule has 0 aliphatic carbocycles. The molecule has 0 saturated carbocycles. The monoisotopic (exact) mass is 253 g/mol. The molecule has 2 N–H and O–H groups in total. The summed E-state index contributed by atoms with van der Waals surface area (Å²) in [5, 5.41) is 4.01. The van der Waals surface area contributed by atoms with Gasteiger partial charge in [-0.3, -0.25) is 0 Å². The van der Waals surface area contributed by atoms with Crippen LogP contribution in [-0.2, 0) is 0 Å². The summed E-state index contributed by atoms with van der Waals surface area (Å²) in [7, 11) is 0. The first-order valence-corrected chi connectivity index (χ1v) is 4.76. The molecule has 2 aromatic rings. The van der Waals surface area contributed by atoms with Gasteiger partial charge in [0, 0.05) is 6.20 Å². The van der Waals surface area contributed by atoms with E-state index >= 15 is 0 Å². The Labute approximate surface area is 89.1 Å². The molecule has 0 aliphatic rings. The molecule has 0 bridgehead atoms. The molecule has 0 unspecified atom stereocenters. The van der Waals surface area contributed by atoms with Crippen LogP contribution in [0.3, 0.4) is 0 Å². The maximum atomic E-state index is 5.54. The van der Waals surface area contributed by atoms with E-state index in [-0.39, 0.29) is 0 Å². The summed E-state index contributed by atoms with van der Waals surface area (Å²) < 4.78 is 2.41. The first kappa shape index (κ1) is 9.14. The Bertz CT molecular complexity index is 465. The lowest BCUT2D eigenvalue weighted by molar-refractivity contribution is 0.799. The van der Waals surface area contributed by atoms with Gasteiger partial charge in [-0.15, -0.1) is 0 Å². The van der Waals surface area contributed by atoms with Crippen LogP contribution >= 0.6 is 15.9 Å². The third-order valence-corrected chi connectivity index (χ3v) is 2.49. The maximum Gasteiger partial charge on any atom is 0.250 e. The number of anilines is 1. The summed E-state index contributed by atoms with van der Waals surface area (Å²) in [6, 6.07) is 0. The third-order valence-electron chi connectivity index (χ3n) is 1.71. The fourth-order valence-corrected chi connectivity index (χ4v) is 1.19. The van der Waals surface area contributed by atoms with Gasteiger partial charge >= 0.3 is 0 Å². The Kier molecular flexibility index (Phi) is 2.20. The van der Waals surface area contributed by atoms with Crippen molar-refractivity contribution in [3.05, 3.63) is 28.8 Å². The van der Waals surface area contributed by atoms with Crippen molar-refractivity contribution in [1.82, 2.24) is 19.7 Å². The van der Waals surface area contributed by atoms with Crippen molar-refractivity contribution in [2.24, 2.45) is 0 Å². The van der Waals surface area contributed by atoms with Gasteiger partial charge in [-0.2, -0.15) is 5.10 Å². The predicted molar refractivity (Wildman–Crippen MR) is 56.0 cm³/mol. The van der Waals surface area contributed by atoms with E-state index in [1.54, 1.807) is 18.6 Å².